The van der Waals surface area contributed by atoms with Gasteiger partial charge in [-0.1, -0.05) is 6.07 Å². The molecule has 1 aliphatic rings. The second kappa shape index (κ2) is 6.01. The molecule has 2 atom stereocenters. The summed E-state index contributed by atoms with van der Waals surface area (Å²) in [5.41, 5.74) is 0.836. The molecule has 4 nitrogen and oxygen atoms in total. The lowest BCUT2D eigenvalue weighted by Crippen LogP contribution is -2.44. The fourth-order valence-corrected chi connectivity index (χ4v) is 3.52. The molecule has 2 unspecified atom stereocenters. The molecule has 0 fully saturated rings. The predicted octanol–water partition coefficient (Wildman–Crippen LogP) is 2.62. The molecule has 3 aromatic rings. The molecule has 6 heteroatoms. The molecule has 2 aromatic heterocycles. The summed E-state index contributed by atoms with van der Waals surface area (Å²) >= 11 is 0. The second-order valence-electron chi connectivity index (χ2n) is 6.91. The summed E-state index contributed by atoms with van der Waals surface area (Å²) in [6.45, 7) is 2.85. The fraction of sp³-hybridized carbons (Fsp3) is 0.238. The Morgan fingerprint density at radius 1 is 1.30 bits per heavy atom. The minimum Gasteiger partial charge on any atom is -0.360 e. The van der Waals surface area contributed by atoms with Gasteiger partial charge in [0.15, 0.2) is 11.8 Å². The molecule has 2 heterocycles. The third-order valence-corrected chi connectivity index (χ3v) is 5.34. The van der Waals surface area contributed by atoms with E-state index < -0.39 is 11.8 Å². The summed E-state index contributed by atoms with van der Waals surface area (Å²) < 4.78 is 29.0. The summed E-state index contributed by atoms with van der Waals surface area (Å²) in [4.78, 5) is 19.7. The topological polar surface area (TPSA) is 57.8 Å². The van der Waals surface area contributed by atoms with Crippen molar-refractivity contribution < 1.29 is 13.6 Å². The van der Waals surface area contributed by atoms with Crippen molar-refractivity contribution in [2.45, 2.75) is 25.7 Å². The standard InChI is InChI=1S/C21H19F2N3O/c1-11-19-14(9-18(22)21(11,2)23)15(10-25-19)17-8-7-12-13(20(27)24-3)5-4-6-16(12)26-17/h4-10,18,25H,1-3H3,(H,24,27). The lowest BCUT2D eigenvalue weighted by Gasteiger charge is -2.25. The van der Waals surface area contributed by atoms with Crippen molar-refractivity contribution >= 4 is 28.5 Å². The number of amides is 1. The summed E-state index contributed by atoms with van der Waals surface area (Å²) in [5.74, 6) is -0.185. The van der Waals surface area contributed by atoms with Crippen LogP contribution >= 0.6 is 0 Å². The van der Waals surface area contributed by atoms with Crippen molar-refractivity contribution in [3.8, 4) is 11.3 Å². The number of hydrogen-bond donors (Lipinski definition) is 2. The lowest BCUT2D eigenvalue weighted by molar-refractivity contribution is 0.0964. The molecule has 1 aliphatic carbocycles. The van der Waals surface area contributed by atoms with Crippen molar-refractivity contribution in [3.05, 3.63) is 52.7 Å². The minimum absolute atomic E-state index is 0.185. The van der Waals surface area contributed by atoms with E-state index in [0.717, 1.165) is 5.39 Å². The molecule has 0 spiro atoms. The number of alkyl halides is 2. The Morgan fingerprint density at radius 2 is 2.07 bits per heavy atom. The SMILES string of the molecule is CNC(=O)c1cccc2nc(-c3c[nH]c4c3=CC(F)C(C)(F)C=4C)ccc12. The first-order valence-corrected chi connectivity index (χ1v) is 8.70. The largest absolute Gasteiger partial charge is 0.360 e. The zero-order chi connectivity index (χ0) is 19.3. The molecule has 1 amide bonds. The number of aromatic nitrogens is 2. The lowest BCUT2D eigenvalue weighted by atomic mass is 9.88. The van der Waals surface area contributed by atoms with Crippen LogP contribution < -0.4 is 15.9 Å². The maximum Gasteiger partial charge on any atom is 0.251 e. The van der Waals surface area contributed by atoms with Crippen LogP contribution in [0.5, 0.6) is 0 Å². The molecular formula is C21H19F2N3O. The highest BCUT2D eigenvalue weighted by molar-refractivity contribution is 6.06. The molecule has 27 heavy (non-hydrogen) atoms. The quantitative estimate of drug-likeness (QED) is 0.732. The van der Waals surface area contributed by atoms with Gasteiger partial charge >= 0.3 is 0 Å². The number of carbonyl (C=O) groups is 1. The Labute approximate surface area is 154 Å². The normalized spacial score (nSPS) is 21.7. The van der Waals surface area contributed by atoms with Crippen LogP contribution in [-0.4, -0.2) is 34.8 Å². The van der Waals surface area contributed by atoms with Gasteiger partial charge < -0.3 is 10.3 Å². The Balaban J connectivity index is 1.93. The Kier molecular flexibility index (Phi) is 3.87. The van der Waals surface area contributed by atoms with Gasteiger partial charge in [-0.05, 0) is 49.8 Å². The molecule has 138 valence electrons. The fourth-order valence-electron chi connectivity index (χ4n) is 3.52. The van der Waals surface area contributed by atoms with Gasteiger partial charge in [-0.25, -0.2) is 13.8 Å². The molecule has 0 saturated carbocycles. The number of halogens is 2. The smallest absolute Gasteiger partial charge is 0.251 e. The highest BCUT2D eigenvalue weighted by Crippen LogP contribution is 2.31. The number of benzene rings is 1. The van der Waals surface area contributed by atoms with Crippen LogP contribution in [0.15, 0.2) is 36.5 Å². The van der Waals surface area contributed by atoms with Crippen molar-refractivity contribution in [2.24, 2.45) is 0 Å². The van der Waals surface area contributed by atoms with Crippen LogP contribution in [0.3, 0.4) is 0 Å². The van der Waals surface area contributed by atoms with Gasteiger partial charge in [0.05, 0.1) is 11.2 Å². The van der Waals surface area contributed by atoms with Crippen LogP contribution in [0.2, 0.25) is 0 Å². The maximum absolute atomic E-state index is 14.6. The van der Waals surface area contributed by atoms with Gasteiger partial charge in [0, 0.05) is 40.3 Å². The molecule has 4 rings (SSSR count). The number of aromatic amines is 1. The first-order chi connectivity index (χ1) is 12.8. The van der Waals surface area contributed by atoms with Crippen molar-refractivity contribution in [2.75, 3.05) is 7.05 Å². The third kappa shape index (κ3) is 2.55. The van der Waals surface area contributed by atoms with E-state index in [1.54, 1.807) is 38.4 Å². The summed E-state index contributed by atoms with van der Waals surface area (Å²) in [7, 11) is 1.58. The highest BCUT2D eigenvalue weighted by Gasteiger charge is 2.38. The summed E-state index contributed by atoms with van der Waals surface area (Å²) in [5, 5.41) is 4.55. The highest BCUT2D eigenvalue weighted by atomic mass is 19.2. The number of pyridine rings is 1. The summed E-state index contributed by atoms with van der Waals surface area (Å²) in [6, 6.07) is 8.95. The number of nitrogens with one attached hydrogen (secondary N) is 2. The second-order valence-corrected chi connectivity index (χ2v) is 6.91. The van der Waals surface area contributed by atoms with Crippen molar-refractivity contribution in [1.29, 1.82) is 0 Å². The zero-order valence-electron chi connectivity index (χ0n) is 15.2. The monoisotopic (exact) mass is 367 g/mol. The Morgan fingerprint density at radius 3 is 2.81 bits per heavy atom. The third-order valence-electron chi connectivity index (χ3n) is 5.34. The average molecular weight is 367 g/mol. The molecule has 2 N–H and O–H groups in total. The first-order valence-electron chi connectivity index (χ1n) is 8.70. The molecule has 1 aromatic carbocycles. The summed E-state index contributed by atoms with van der Waals surface area (Å²) in [6.07, 6.45) is 1.30. The number of rotatable bonds is 2. The molecule has 0 bridgehead atoms. The van der Waals surface area contributed by atoms with E-state index in [-0.39, 0.29) is 5.91 Å². The molecule has 0 saturated heterocycles. The van der Waals surface area contributed by atoms with Crippen LogP contribution in [-0.2, 0) is 0 Å². The van der Waals surface area contributed by atoms with Crippen LogP contribution in [0.25, 0.3) is 33.8 Å². The van der Waals surface area contributed by atoms with E-state index in [1.165, 1.54) is 13.0 Å². The average Bonchev–Trinajstić information content (AvgIpc) is 3.08. The van der Waals surface area contributed by atoms with E-state index in [4.69, 9.17) is 0 Å². The van der Waals surface area contributed by atoms with E-state index in [9.17, 15) is 13.6 Å². The van der Waals surface area contributed by atoms with Gasteiger partial charge in [-0.15, -0.1) is 0 Å². The Hall–Kier alpha value is -3.02. The predicted molar refractivity (Wildman–Crippen MR) is 102 cm³/mol. The molecule has 0 aliphatic heterocycles. The first kappa shape index (κ1) is 17.4. The van der Waals surface area contributed by atoms with Crippen LogP contribution in [0.1, 0.15) is 24.2 Å². The number of hydrogen-bond acceptors (Lipinski definition) is 2. The zero-order valence-corrected chi connectivity index (χ0v) is 15.2. The van der Waals surface area contributed by atoms with Gasteiger partial charge in [-0.3, -0.25) is 4.79 Å². The molecule has 0 radical (unpaired) electrons. The van der Waals surface area contributed by atoms with Gasteiger partial charge in [-0.2, -0.15) is 0 Å². The number of carbonyl (C=O) groups excluding carboxylic acids is 1. The minimum atomic E-state index is -2.03. The van der Waals surface area contributed by atoms with Crippen LogP contribution in [0.4, 0.5) is 8.78 Å². The number of fused-ring (bicyclic) bond motifs is 2. The van der Waals surface area contributed by atoms with E-state index in [1.807, 2.05) is 12.1 Å². The van der Waals surface area contributed by atoms with E-state index >= 15 is 0 Å². The Bertz CT molecular complexity index is 1190. The van der Waals surface area contributed by atoms with Gasteiger partial charge in [0.1, 0.15) is 0 Å². The van der Waals surface area contributed by atoms with Crippen LogP contribution in [0, 0.1) is 0 Å². The molecular weight excluding hydrogens is 348 g/mol. The van der Waals surface area contributed by atoms with E-state index in [2.05, 4.69) is 15.3 Å². The maximum atomic E-state index is 14.6. The van der Waals surface area contributed by atoms with E-state index in [0.29, 0.717) is 38.5 Å². The van der Waals surface area contributed by atoms with Crippen molar-refractivity contribution in [3.63, 3.8) is 0 Å². The van der Waals surface area contributed by atoms with Gasteiger partial charge in [0.2, 0.25) is 0 Å². The number of nitrogens with zero attached hydrogens (tertiary/aromatic N) is 1. The van der Waals surface area contributed by atoms with Crippen molar-refractivity contribution in [1.82, 2.24) is 15.3 Å². The van der Waals surface area contributed by atoms with Gasteiger partial charge in [0.25, 0.3) is 5.91 Å². The number of H-pyrrole nitrogens is 1.